The van der Waals surface area contributed by atoms with Crippen molar-refractivity contribution in [2.24, 2.45) is 0 Å². The van der Waals surface area contributed by atoms with E-state index in [1.807, 2.05) is 26.8 Å². The van der Waals surface area contributed by atoms with Gasteiger partial charge in [0.2, 0.25) is 0 Å². The Balaban J connectivity index is 3.06. The van der Waals surface area contributed by atoms with Crippen LogP contribution in [-0.2, 0) is 4.74 Å². The van der Waals surface area contributed by atoms with Crippen molar-refractivity contribution in [3.05, 3.63) is 41.2 Å². The first-order valence-electron chi connectivity index (χ1n) is 4.71. The van der Waals surface area contributed by atoms with Crippen molar-refractivity contribution in [2.75, 3.05) is 6.61 Å². The van der Waals surface area contributed by atoms with Gasteiger partial charge in [-0.15, -0.1) is 0 Å². The molecule has 0 N–H and O–H groups in total. The van der Waals surface area contributed by atoms with Gasteiger partial charge in [0.25, 0.3) is 0 Å². The highest BCUT2D eigenvalue weighted by Crippen LogP contribution is 2.20. The van der Waals surface area contributed by atoms with Gasteiger partial charge in [-0.3, -0.25) is 0 Å². The van der Waals surface area contributed by atoms with Crippen LogP contribution in [0.4, 0.5) is 4.39 Å². The van der Waals surface area contributed by atoms with Gasteiger partial charge in [0, 0.05) is 5.56 Å². The Morgan fingerprint density at radius 2 is 2.07 bits per heavy atom. The molecule has 1 nitrogen and oxygen atoms in total. The molecule has 0 amide bonds. The van der Waals surface area contributed by atoms with Crippen molar-refractivity contribution in [2.45, 2.75) is 20.8 Å². The standard InChI is InChI=1S/C12H15FO/c1-4-14-12(9(2)3)10-6-5-7-11(13)8-10/h5-8H,4H2,1-3H3. The van der Waals surface area contributed by atoms with Gasteiger partial charge < -0.3 is 4.74 Å². The Kier molecular flexibility index (Phi) is 3.69. The minimum absolute atomic E-state index is 0.235. The predicted octanol–water partition coefficient (Wildman–Crippen LogP) is 3.61. The fraction of sp³-hybridized carbons (Fsp3) is 0.333. The molecule has 76 valence electrons. The first-order chi connectivity index (χ1) is 6.65. The van der Waals surface area contributed by atoms with Gasteiger partial charge in [0.15, 0.2) is 0 Å². The van der Waals surface area contributed by atoms with Crippen molar-refractivity contribution in [3.8, 4) is 0 Å². The molecule has 1 aromatic rings. The molecule has 0 fully saturated rings. The molecule has 0 aromatic heterocycles. The maximum absolute atomic E-state index is 13.0. The van der Waals surface area contributed by atoms with E-state index < -0.39 is 0 Å². The molecule has 14 heavy (non-hydrogen) atoms. The molecule has 0 atom stereocenters. The van der Waals surface area contributed by atoms with Gasteiger partial charge in [-0.05, 0) is 38.5 Å². The lowest BCUT2D eigenvalue weighted by Crippen LogP contribution is -1.94. The number of hydrogen-bond acceptors (Lipinski definition) is 1. The summed E-state index contributed by atoms with van der Waals surface area (Å²) in [5, 5.41) is 0. The minimum Gasteiger partial charge on any atom is -0.493 e. The van der Waals surface area contributed by atoms with Crippen LogP contribution in [-0.4, -0.2) is 6.61 Å². The molecular formula is C12H15FO. The van der Waals surface area contributed by atoms with Crippen LogP contribution in [0.15, 0.2) is 29.8 Å². The number of ether oxygens (including phenoxy) is 1. The molecule has 2 heteroatoms. The van der Waals surface area contributed by atoms with E-state index in [-0.39, 0.29) is 5.82 Å². The molecule has 0 saturated carbocycles. The Morgan fingerprint density at radius 1 is 1.36 bits per heavy atom. The van der Waals surface area contributed by atoms with Crippen molar-refractivity contribution in [1.82, 2.24) is 0 Å². The molecule has 0 unspecified atom stereocenters. The largest absolute Gasteiger partial charge is 0.493 e. The van der Waals surface area contributed by atoms with Crippen molar-refractivity contribution in [1.29, 1.82) is 0 Å². The van der Waals surface area contributed by atoms with E-state index in [0.717, 1.165) is 16.9 Å². The summed E-state index contributed by atoms with van der Waals surface area (Å²) in [6.45, 7) is 6.42. The van der Waals surface area contributed by atoms with Gasteiger partial charge in [-0.25, -0.2) is 4.39 Å². The van der Waals surface area contributed by atoms with Crippen LogP contribution in [0.25, 0.3) is 5.76 Å². The summed E-state index contributed by atoms with van der Waals surface area (Å²) in [4.78, 5) is 0. The van der Waals surface area contributed by atoms with E-state index in [0.29, 0.717) is 6.61 Å². The summed E-state index contributed by atoms with van der Waals surface area (Å²) in [6.07, 6.45) is 0. The lowest BCUT2D eigenvalue weighted by atomic mass is 10.1. The SMILES string of the molecule is CCOC(=C(C)C)c1cccc(F)c1. The maximum Gasteiger partial charge on any atom is 0.125 e. The second-order valence-corrected chi connectivity index (χ2v) is 3.27. The minimum atomic E-state index is -0.235. The van der Waals surface area contributed by atoms with Crippen LogP contribution >= 0.6 is 0 Å². The van der Waals surface area contributed by atoms with Crippen LogP contribution in [0.3, 0.4) is 0 Å². The van der Waals surface area contributed by atoms with E-state index in [2.05, 4.69) is 0 Å². The molecule has 1 rings (SSSR count). The Hall–Kier alpha value is -1.31. The smallest absolute Gasteiger partial charge is 0.125 e. The lowest BCUT2D eigenvalue weighted by Gasteiger charge is -2.10. The first-order valence-corrected chi connectivity index (χ1v) is 4.71. The van der Waals surface area contributed by atoms with E-state index in [1.165, 1.54) is 12.1 Å². The Labute approximate surface area is 84.2 Å². The summed E-state index contributed by atoms with van der Waals surface area (Å²) in [5.41, 5.74) is 1.85. The monoisotopic (exact) mass is 194 g/mol. The zero-order valence-corrected chi connectivity index (χ0v) is 8.80. The van der Waals surface area contributed by atoms with Gasteiger partial charge in [0.1, 0.15) is 11.6 Å². The summed E-state index contributed by atoms with van der Waals surface area (Å²) in [7, 11) is 0. The fourth-order valence-electron chi connectivity index (χ4n) is 1.29. The highest BCUT2D eigenvalue weighted by atomic mass is 19.1. The number of halogens is 1. The molecule has 0 heterocycles. The summed E-state index contributed by atoms with van der Waals surface area (Å²) >= 11 is 0. The number of allylic oxidation sites excluding steroid dienone is 1. The fourth-order valence-corrected chi connectivity index (χ4v) is 1.29. The number of rotatable bonds is 3. The molecule has 0 bridgehead atoms. The highest BCUT2D eigenvalue weighted by Gasteiger charge is 2.04. The molecule has 1 aromatic carbocycles. The Bertz CT molecular complexity index is 338. The molecular weight excluding hydrogens is 179 g/mol. The maximum atomic E-state index is 13.0. The van der Waals surface area contributed by atoms with Crippen LogP contribution < -0.4 is 0 Å². The van der Waals surface area contributed by atoms with Crippen LogP contribution in [0.5, 0.6) is 0 Å². The quantitative estimate of drug-likeness (QED) is 0.668. The molecule has 0 saturated heterocycles. The van der Waals surface area contributed by atoms with Crippen molar-refractivity contribution >= 4 is 5.76 Å². The lowest BCUT2D eigenvalue weighted by molar-refractivity contribution is 0.295. The van der Waals surface area contributed by atoms with E-state index in [1.54, 1.807) is 6.07 Å². The average Bonchev–Trinajstić information content (AvgIpc) is 2.13. The third-order valence-electron chi connectivity index (χ3n) is 1.83. The Morgan fingerprint density at radius 3 is 2.57 bits per heavy atom. The molecule has 0 aliphatic heterocycles. The average molecular weight is 194 g/mol. The second-order valence-electron chi connectivity index (χ2n) is 3.27. The molecule has 0 radical (unpaired) electrons. The number of hydrogen-bond donors (Lipinski definition) is 0. The molecule has 0 aliphatic carbocycles. The van der Waals surface area contributed by atoms with Crippen LogP contribution in [0.1, 0.15) is 26.3 Å². The number of benzene rings is 1. The summed E-state index contributed by atoms with van der Waals surface area (Å²) in [6, 6.07) is 6.45. The molecule has 0 aliphatic rings. The zero-order valence-electron chi connectivity index (χ0n) is 8.80. The predicted molar refractivity (Wildman–Crippen MR) is 56.3 cm³/mol. The second kappa shape index (κ2) is 4.80. The zero-order chi connectivity index (χ0) is 10.6. The van der Waals surface area contributed by atoms with E-state index in [9.17, 15) is 4.39 Å². The summed E-state index contributed by atoms with van der Waals surface area (Å²) < 4.78 is 18.4. The third-order valence-corrected chi connectivity index (χ3v) is 1.83. The van der Waals surface area contributed by atoms with Gasteiger partial charge in [0.05, 0.1) is 6.61 Å². The van der Waals surface area contributed by atoms with Crippen molar-refractivity contribution in [3.63, 3.8) is 0 Å². The topological polar surface area (TPSA) is 9.23 Å². The van der Waals surface area contributed by atoms with Crippen molar-refractivity contribution < 1.29 is 9.13 Å². The van der Waals surface area contributed by atoms with Gasteiger partial charge in [-0.1, -0.05) is 12.1 Å². The van der Waals surface area contributed by atoms with Gasteiger partial charge in [-0.2, -0.15) is 0 Å². The van der Waals surface area contributed by atoms with Crippen LogP contribution in [0, 0.1) is 5.82 Å². The van der Waals surface area contributed by atoms with E-state index >= 15 is 0 Å². The van der Waals surface area contributed by atoms with Crippen LogP contribution in [0.2, 0.25) is 0 Å². The highest BCUT2D eigenvalue weighted by molar-refractivity contribution is 5.62. The van der Waals surface area contributed by atoms with E-state index in [4.69, 9.17) is 4.74 Å². The normalized spacial score (nSPS) is 9.71. The molecule has 0 spiro atoms. The summed E-state index contributed by atoms with van der Waals surface area (Å²) in [5.74, 6) is 0.535. The third kappa shape index (κ3) is 2.59. The van der Waals surface area contributed by atoms with Gasteiger partial charge >= 0.3 is 0 Å². The first kappa shape index (κ1) is 10.8.